The van der Waals surface area contributed by atoms with Gasteiger partial charge in [-0.3, -0.25) is 9.59 Å². The number of carboxylic acids is 1. The van der Waals surface area contributed by atoms with Gasteiger partial charge in [-0.15, -0.1) is 0 Å². The second kappa shape index (κ2) is 10.1. The molecule has 1 aliphatic rings. The minimum Gasteiger partial charge on any atom is -0.480 e. The van der Waals surface area contributed by atoms with Crippen LogP contribution in [0.5, 0.6) is 0 Å². The number of urea groups is 1. The molecule has 11 heteroatoms. The Bertz CT molecular complexity index is 1260. The lowest BCUT2D eigenvalue weighted by Crippen LogP contribution is -2.56. The fraction of sp³-hybridized carbons (Fsp3) is 0.250. The average Bonchev–Trinajstić information content (AvgIpc) is 3.22. The molecule has 2 atom stereocenters. The summed E-state index contributed by atoms with van der Waals surface area (Å²) in [7, 11) is 0. The van der Waals surface area contributed by atoms with Crippen molar-refractivity contribution in [1.29, 1.82) is 0 Å². The first kappa shape index (κ1) is 24.2. The van der Waals surface area contributed by atoms with Gasteiger partial charge >= 0.3 is 12.0 Å². The number of hydrogen-bond donors (Lipinski definition) is 3. The molecule has 35 heavy (non-hydrogen) atoms. The van der Waals surface area contributed by atoms with E-state index < -0.39 is 35.8 Å². The van der Waals surface area contributed by atoms with Gasteiger partial charge in [-0.2, -0.15) is 0 Å². The molecule has 2 unspecified atom stereocenters. The molecule has 0 fully saturated rings. The van der Waals surface area contributed by atoms with Gasteiger partial charge in [0.1, 0.15) is 17.9 Å². The number of amides is 3. The Morgan fingerprint density at radius 3 is 2.60 bits per heavy atom. The molecular weight excluding hydrogens is 477 g/mol. The van der Waals surface area contributed by atoms with Gasteiger partial charge in [-0.05, 0) is 42.8 Å². The number of nitrogens with zero attached hydrogens (tertiary/aromatic N) is 3. The fourth-order valence-electron chi connectivity index (χ4n) is 3.86. The highest BCUT2D eigenvalue weighted by molar-refractivity contribution is 6.31. The Kier molecular flexibility index (Phi) is 7.02. The van der Waals surface area contributed by atoms with Crippen molar-refractivity contribution < 1.29 is 23.9 Å². The third-order valence-electron chi connectivity index (χ3n) is 5.80. The number of carbonyl (C=O) groups is 3. The maximum absolute atomic E-state index is 13.3. The molecule has 0 radical (unpaired) electrons. The quantitative estimate of drug-likeness (QED) is 0.481. The Morgan fingerprint density at radius 2 is 1.91 bits per heavy atom. The number of fused-ring (bicyclic) bond motifs is 1. The molecule has 2 aromatic carbocycles. The minimum atomic E-state index is -1.19. The Balaban J connectivity index is 1.62. The summed E-state index contributed by atoms with van der Waals surface area (Å²) in [5.41, 5.74) is 2.58. The second-order valence-electron chi connectivity index (χ2n) is 8.21. The van der Waals surface area contributed by atoms with Gasteiger partial charge in [0.25, 0.3) is 0 Å². The summed E-state index contributed by atoms with van der Waals surface area (Å²) in [4.78, 5) is 43.2. The molecule has 182 valence electrons. The van der Waals surface area contributed by atoms with Crippen LogP contribution in [0.2, 0.25) is 5.02 Å². The van der Waals surface area contributed by atoms with Crippen molar-refractivity contribution in [3.05, 3.63) is 82.6 Å². The van der Waals surface area contributed by atoms with E-state index in [-0.39, 0.29) is 13.0 Å². The van der Waals surface area contributed by atoms with E-state index in [0.29, 0.717) is 22.9 Å². The van der Waals surface area contributed by atoms with Crippen LogP contribution >= 0.6 is 11.6 Å². The van der Waals surface area contributed by atoms with E-state index in [2.05, 4.69) is 15.6 Å². The van der Waals surface area contributed by atoms with Crippen molar-refractivity contribution in [2.45, 2.75) is 38.5 Å². The van der Waals surface area contributed by atoms with Gasteiger partial charge in [0.15, 0.2) is 0 Å². The number of aromatic nitrogens is 2. The molecule has 0 bridgehead atoms. The summed E-state index contributed by atoms with van der Waals surface area (Å²) in [6.45, 7) is 1.81. The number of anilines is 1. The van der Waals surface area contributed by atoms with Gasteiger partial charge in [0, 0.05) is 17.1 Å². The first-order valence-corrected chi connectivity index (χ1v) is 11.2. The Hall–Kier alpha value is -3.92. The summed E-state index contributed by atoms with van der Waals surface area (Å²) < 4.78 is 15.1. The number of nitrogens with one attached hydrogen (secondary N) is 2. The molecular formula is C24H23ClFN5O4. The van der Waals surface area contributed by atoms with Crippen LogP contribution in [0.15, 0.2) is 54.9 Å². The highest BCUT2D eigenvalue weighted by atomic mass is 35.5. The molecule has 3 amide bonds. The van der Waals surface area contributed by atoms with E-state index in [0.717, 1.165) is 11.3 Å². The van der Waals surface area contributed by atoms with Crippen molar-refractivity contribution in [3.8, 4) is 0 Å². The smallest absolute Gasteiger partial charge is 0.325 e. The van der Waals surface area contributed by atoms with Crippen LogP contribution in [0.25, 0.3) is 0 Å². The molecule has 3 N–H and O–H groups in total. The highest BCUT2D eigenvalue weighted by Gasteiger charge is 2.38. The van der Waals surface area contributed by atoms with Crippen molar-refractivity contribution in [2.75, 3.05) is 5.32 Å². The predicted octanol–water partition coefficient (Wildman–Crippen LogP) is 3.27. The number of hydrogen-bond acceptors (Lipinski definition) is 4. The molecule has 2 heterocycles. The van der Waals surface area contributed by atoms with E-state index in [9.17, 15) is 23.9 Å². The van der Waals surface area contributed by atoms with Crippen molar-refractivity contribution in [1.82, 2.24) is 19.8 Å². The topological polar surface area (TPSA) is 117 Å². The van der Waals surface area contributed by atoms with E-state index in [1.807, 2.05) is 22.8 Å². The first-order valence-electron chi connectivity index (χ1n) is 10.9. The first-order chi connectivity index (χ1) is 16.7. The van der Waals surface area contributed by atoms with Crippen LogP contribution in [0.1, 0.15) is 23.9 Å². The number of halogens is 2. The van der Waals surface area contributed by atoms with E-state index in [1.54, 1.807) is 12.4 Å². The van der Waals surface area contributed by atoms with Crippen LogP contribution in [-0.4, -0.2) is 49.5 Å². The van der Waals surface area contributed by atoms with Gasteiger partial charge in [0.2, 0.25) is 5.91 Å². The van der Waals surface area contributed by atoms with Crippen LogP contribution in [0.3, 0.4) is 0 Å². The molecule has 0 aliphatic carbocycles. The zero-order valence-electron chi connectivity index (χ0n) is 18.7. The lowest BCUT2D eigenvalue weighted by Gasteiger charge is -2.35. The van der Waals surface area contributed by atoms with Gasteiger partial charge < -0.3 is 25.2 Å². The van der Waals surface area contributed by atoms with Crippen LogP contribution in [-0.2, 0) is 29.1 Å². The lowest BCUT2D eigenvalue weighted by atomic mass is 10.0. The fourth-order valence-corrected chi connectivity index (χ4v) is 4.06. The van der Waals surface area contributed by atoms with Crippen molar-refractivity contribution in [2.24, 2.45) is 0 Å². The number of aliphatic carboxylic acids is 1. The average molecular weight is 500 g/mol. The molecule has 9 nitrogen and oxygen atoms in total. The van der Waals surface area contributed by atoms with Crippen LogP contribution in [0, 0.1) is 5.82 Å². The third-order valence-corrected chi connectivity index (χ3v) is 6.17. The standard InChI is InChI=1S/C24H23ClFN5O4/c1-14(23(33)34)28-22(32)20-10-19-21(30(13-27-19)11-15-4-2-3-5-18(15)25)12-31(20)24(35)29-17-8-6-16(26)7-9-17/h2-9,13-14,20H,10-12H2,1H3,(H,28,32)(H,29,35)(H,33,34). The number of benzene rings is 2. The molecule has 0 spiro atoms. The lowest BCUT2D eigenvalue weighted by molar-refractivity contribution is -0.142. The molecule has 0 saturated heterocycles. The zero-order chi connectivity index (χ0) is 25.1. The van der Waals surface area contributed by atoms with Gasteiger partial charge in [0.05, 0.1) is 30.8 Å². The van der Waals surface area contributed by atoms with E-state index in [4.69, 9.17) is 11.6 Å². The number of carboxylic acid groups (broad SMARTS) is 1. The van der Waals surface area contributed by atoms with Gasteiger partial charge in [-0.1, -0.05) is 29.8 Å². The van der Waals surface area contributed by atoms with Gasteiger partial charge in [-0.25, -0.2) is 14.2 Å². The summed E-state index contributed by atoms with van der Waals surface area (Å²) >= 11 is 6.31. The number of imidazole rings is 1. The largest absolute Gasteiger partial charge is 0.480 e. The Morgan fingerprint density at radius 1 is 1.20 bits per heavy atom. The van der Waals surface area contributed by atoms with Crippen LogP contribution < -0.4 is 10.6 Å². The molecule has 3 aromatic rings. The molecule has 1 aromatic heterocycles. The van der Waals surface area contributed by atoms with Crippen molar-refractivity contribution >= 4 is 35.2 Å². The minimum absolute atomic E-state index is 0.0480. The molecule has 1 aliphatic heterocycles. The van der Waals surface area contributed by atoms with Crippen molar-refractivity contribution in [3.63, 3.8) is 0 Å². The summed E-state index contributed by atoms with van der Waals surface area (Å²) in [5.74, 6) is -2.25. The summed E-state index contributed by atoms with van der Waals surface area (Å²) in [5, 5.41) is 14.9. The maximum Gasteiger partial charge on any atom is 0.325 e. The zero-order valence-corrected chi connectivity index (χ0v) is 19.5. The van der Waals surface area contributed by atoms with Crippen LogP contribution in [0.4, 0.5) is 14.9 Å². The number of carbonyl (C=O) groups excluding carboxylic acids is 2. The predicted molar refractivity (Wildman–Crippen MR) is 126 cm³/mol. The SMILES string of the molecule is CC(NC(=O)C1Cc2ncn(Cc3ccccc3Cl)c2CN1C(=O)Nc1ccc(F)cc1)C(=O)O. The normalized spacial score (nSPS) is 15.7. The number of rotatable bonds is 6. The Labute approximate surface area is 205 Å². The second-order valence-corrected chi connectivity index (χ2v) is 8.62. The van der Waals surface area contributed by atoms with E-state index in [1.165, 1.54) is 36.1 Å². The summed E-state index contributed by atoms with van der Waals surface area (Å²) in [6, 6.07) is 9.90. The van der Waals surface area contributed by atoms with E-state index >= 15 is 0 Å². The molecule has 4 rings (SSSR count). The third kappa shape index (κ3) is 5.43. The highest BCUT2D eigenvalue weighted by Crippen LogP contribution is 2.26. The molecule has 0 saturated carbocycles. The monoisotopic (exact) mass is 499 g/mol. The maximum atomic E-state index is 13.3. The summed E-state index contributed by atoms with van der Waals surface area (Å²) in [6.07, 6.45) is 1.73.